The first-order chi connectivity index (χ1) is 8.72. The third kappa shape index (κ3) is 2.53. The van der Waals surface area contributed by atoms with E-state index in [-0.39, 0.29) is 18.3 Å². The number of H-pyrrole nitrogens is 1. The fourth-order valence-corrected chi connectivity index (χ4v) is 1.45. The molecule has 18 heavy (non-hydrogen) atoms. The molecule has 2 aromatic rings. The van der Waals surface area contributed by atoms with Crippen LogP contribution in [0.2, 0.25) is 0 Å². The van der Waals surface area contributed by atoms with Crippen LogP contribution < -0.4 is 0 Å². The number of halogens is 1. The lowest BCUT2D eigenvalue weighted by Gasteiger charge is -2.03. The highest BCUT2D eigenvalue weighted by molar-refractivity contribution is 5.84. The van der Waals surface area contributed by atoms with E-state index in [1.165, 1.54) is 0 Å². The van der Waals surface area contributed by atoms with Crippen LogP contribution in [0.1, 0.15) is 35.1 Å². The van der Waals surface area contributed by atoms with Gasteiger partial charge in [-0.15, -0.1) is 5.10 Å². The highest BCUT2D eigenvalue weighted by atomic mass is 19.1. The number of aromatic amines is 1. The Kier molecular flexibility index (Phi) is 3.66. The minimum absolute atomic E-state index is 0.00995. The molecule has 1 aromatic heterocycles. The van der Waals surface area contributed by atoms with Crippen LogP contribution in [0.15, 0.2) is 30.3 Å². The lowest BCUT2D eigenvalue weighted by molar-refractivity contribution is 0.0512. The first-order valence-electron chi connectivity index (χ1n) is 5.50. The van der Waals surface area contributed by atoms with Gasteiger partial charge in [-0.3, -0.25) is 5.10 Å². The van der Waals surface area contributed by atoms with Crippen molar-refractivity contribution in [3.8, 4) is 0 Å². The molecule has 0 saturated carbocycles. The van der Waals surface area contributed by atoms with E-state index in [1.54, 1.807) is 37.3 Å². The third-order valence-corrected chi connectivity index (χ3v) is 2.29. The number of alkyl halides is 1. The van der Waals surface area contributed by atoms with E-state index in [4.69, 9.17) is 4.74 Å². The fraction of sp³-hybridized carbons (Fsp3) is 0.250. The van der Waals surface area contributed by atoms with Crippen molar-refractivity contribution in [3.63, 3.8) is 0 Å². The van der Waals surface area contributed by atoms with Gasteiger partial charge in [0.25, 0.3) is 5.82 Å². The van der Waals surface area contributed by atoms with E-state index >= 15 is 0 Å². The first-order valence-corrected chi connectivity index (χ1v) is 5.50. The highest BCUT2D eigenvalue weighted by Crippen LogP contribution is 2.22. The number of esters is 1. The molecule has 0 aliphatic heterocycles. The van der Waals surface area contributed by atoms with Crippen LogP contribution in [0.4, 0.5) is 4.39 Å². The number of hydrogen-bond acceptors (Lipinski definition) is 4. The van der Waals surface area contributed by atoms with E-state index in [1.807, 2.05) is 0 Å². The van der Waals surface area contributed by atoms with Gasteiger partial charge in [0, 0.05) is 0 Å². The number of benzene rings is 1. The largest absolute Gasteiger partial charge is 0.460 e. The lowest BCUT2D eigenvalue weighted by Crippen LogP contribution is -2.07. The van der Waals surface area contributed by atoms with E-state index in [0.29, 0.717) is 5.56 Å². The smallest absolute Gasteiger partial charge is 0.378 e. The van der Waals surface area contributed by atoms with Crippen molar-refractivity contribution in [2.75, 3.05) is 6.61 Å². The molecule has 0 bridgehead atoms. The van der Waals surface area contributed by atoms with Gasteiger partial charge in [0.1, 0.15) is 0 Å². The van der Waals surface area contributed by atoms with Crippen molar-refractivity contribution < 1.29 is 13.9 Å². The second-order valence-electron chi connectivity index (χ2n) is 3.54. The molecule has 1 N–H and O–H groups in total. The molecule has 1 unspecified atom stereocenters. The molecule has 2 rings (SSSR count). The van der Waals surface area contributed by atoms with Crippen molar-refractivity contribution in [1.82, 2.24) is 15.2 Å². The average Bonchev–Trinajstić information content (AvgIpc) is 2.89. The first kappa shape index (κ1) is 12.2. The van der Waals surface area contributed by atoms with E-state index in [0.717, 1.165) is 0 Å². The predicted molar refractivity (Wildman–Crippen MR) is 61.7 cm³/mol. The summed E-state index contributed by atoms with van der Waals surface area (Å²) >= 11 is 0. The molecule has 0 aliphatic carbocycles. The van der Waals surface area contributed by atoms with Crippen LogP contribution in [0.5, 0.6) is 0 Å². The van der Waals surface area contributed by atoms with Gasteiger partial charge in [0.2, 0.25) is 0 Å². The molecule has 0 amide bonds. The molecule has 5 nitrogen and oxygen atoms in total. The number of aromatic nitrogens is 3. The predicted octanol–water partition coefficient (Wildman–Crippen LogP) is 2.04. The second kappa shape index (κ2) is 5.39. The quantitative estimate of drug-likeness (QED) is 0.842. The Labute approximate surface area is 103 Å². The van der Waals surface area contributed by atoms with Crippen LogP contribution in [-0.4, -0.2) is 27.8 Å². The van der Waals surface area contributed by atoms with Crippen LogP contribution in [0.25, 0.3) is 0 Å². The Balaban J connectivity index is 2.17. The normalized spacial score (nSPS) is 12.1. The maximum absolute atomic E-state index is 14.0. The van der Waals surface area contributed by atoms with Gasteiger partial charge in [-0.1, -0.05) is 30.3 Å². The molecule has 1 atom stereocenters. The summed E-state index contributed by atoms with van der Waals surface area (Å²) in [6, 6.07) is 8.52. The van der Waals surface area contributed by atoms with Gasteiger partial charge in [-0.25, -0.2) is 14.2 Å². The number of carbonyl (C=O) groups is 1. The summed E-state index contributed by atoms with van der Waals surface area (Å²) in [5.41, 5.74) is 0.448. The van der Waals surface area contributed by atoms with Gasteiger partial charge in [-0.2, -0.15) is 0 Å². The maximum atomic E-state index is 14.0. The summed E-state index contributed by atoms with van der Waals surface area (Å²) in [7, 11) is 0. The monoisotopic (exact) mass is 249 g/mol. The number of nitrogens with one attached hydrogen (secondary N) is 1. The molecule has 0 aliphatic rings. The van der Waals surface area contributed by atoms with Crippen molar-refractivity contribution >= 4 is 5.97 Å². The van der Waals surface area contributed by atoms with Crippen LogP contribution in [0.3, 0.4) is 0 Å². The summed E-state index contributed by atoms with van der Waals surface area (Å²) in [5, 5.41) is 6.04. The van der Waals surface area contributed by atoms with Gasteiger partial charge in [0.05, 0.1) is 6.61 Å². The number of hydrogen-bond donors (Lipinski definition) is 1. The third-order valence-electron chi connectivity index (χ3n) is 2.29. The van der Waals surface area contributed by atoms with Crippen molar-refractivity contribution in [2.45, 2.75) is 13.1 Å². The Hall–Kier alpha value is -2.24. The molecule has 1 heterocycles. The molecule has 1 aromatic carbocycles. The molecule has 94 valence electrons. The van der Waals surface area contributed by atoms with E-state index in [9.17, 15) is 9.18 Å². The molecule has 6 heteroatoms. The summed E-state index contributed by atoms with van der Waals surface area (Å²) < 4.78 is 18.8. The number of ether oxygens (including phenoxy) is 1. The standard InChI is InChI=1S/C12H12FN3O2/c1-2-18-12(17)11-14-10(15-16-11)9(13)8-6-4-3-5-7-8/h3-7,9H,2H2,1H3,(H,14,15,16). The number of carbonyl (C=O) groups excluding carboxylic acids is 1. The number of rotatable bonds is 4. The minimum Gasteiger partial charge on any atom is -0.460 e. The van der Waals surface area contributed by atoms with Crippen molar-refractivity contribution in [2.24, 2.45) is 0 Å². The zero-order valence-corrected chi connectivity index (χ0v) is 9.76. The van der Waals surface area contributed by atoms with Crippen LogP contribution in [0, 0.1) is 0 Å². The lowest BCUT2D eigenvalue weighted by atomic mass is 10.1. The maximum Gasteiger partial charge on any atom is 0.378 e. The summed E-state index contributed by atoms with van der Waals surface area (Å²) in [5.74, 6) is -0.838. The Morgan fingerprint density at radius 2 is 2.17 bits per heavy atom. The molecule has 0 fully saturated rings. The van der Waals surface area contributed by atoms with Gasteiger partial charge in [-0.05, 0) is 12.5 Å². The van der Waals surface area contributed by atoms with Crippen molar-refractivity contribution in [3.05, 3.63) is 47.5 Å². The van der Waals surface area contributed by atoms with Gasteiger partial charge < -0.3 is 4.74 Å². The van der Waals surface area contributed by atoms with Gasteiger partial charge >= 0.3 is 5.97 Å². The fourth-order valence-electron chi connectivity index (χ4n) is 1.45. The molecule has 0 radical (unpaired) electrons. The molecule has 0 saturated heterocycles. The minimum atomic E-state index is -1.44. The molecular weight excluding hydrogens is 237 g/mol. The second-order valence-corrected chi connectivity index (χ2v) is 3.54. The topological polar surface area (TPSA) is 67.9 Å². The Bertz CT molecular complexity index is 527. The molecular formula is C12H12FN3O2. The summed E-state index contributed by atoms with van der Waals surface area (Å²) in [6.45, 7) is 1.90. The average molecular weight is 249 g/mol. The van der Waals surface area contributed by atoms with Crippen LogP contribution >= 0.6 is 0 Å². The Morgan fingerprint density at radius 3 is 2.83 bits per heavy atom. The molecule has 0 spiro atoms. The van der Waals surface area contributed by atoms with E-state index < -0.39 is 12.1 Å². The highest BCUT2D eigenvalue weighted by Gasteiger charge is 2.20. The summed E-state index contributed by atoms with van der Waals surface area (Å²) in [4.78, 5) is 15.1. The zero-order chi connectivity index (χ0) is 13.0. The SMILES string of the molecule is CCOC(=O)c1n[nH]c(C(F)c2ccccc2)n1. The summed E-state index contributed by atoms with van der Waals surface area (Å²) in [6.07, 6.45) is -1.44. The van der Waals surface area contributed by atoms with E-state index in [2.05, 4.69) is 15.2 Å². The van der Waals surface area contributed by atoms with Crippen molar-refractivity contribution in [1.29, 1.82) is 0 Å². The number of nitrogens with zero attached hydrogens (tertiary/aromatic N) is 2. The van der Waals surface area contributed by atoms with Crippen LogP contribution in [-0.2, 0) is 4.74 Å². The zero-order valence-electron chi connectivity index (χ0n) is 9.76. The Morgan fingerprint density at radius 1 is 1.44 bits per heavy atom. The van der Waals surface area contributed by atoms with Gasteiger partial charge in [0.15, 0.2) is 12.0 Å².